The third kappa shape index (κ3) is 3.77. The number of hydrogen-bond acceptors (Lipinski definition) is 4. The molecule has 1 atom stereocenters. The fourth-order valence-corrected chi connectivity index (χ4v) is 1.91. The van der Waals surface area contributed by atoms with Crippen LogP contribution in [0.1, 0.15) is 21.5 Å². The van der Waals surface area contributed by atoms with E-state index < -0.39 is 12.0 Å². The van der Waals surface area contributed by atoms with Crippen LogP contribution in [-0.2, 0) is 9.53 Å². The second kappa shape index (κ2) is 6.44. The van der Waals surface area contributed by atoms with Crippen molar-refractivity contribution >= 4 is 24.5 Å². The molecular weight excluding hydrogens is 250 g/mol. The van der Waals surface area contributed by atoms with Gasteiger partial charge in [0.15, 0.2) is 0 Å². The van der Waals surface area contributed by atoms with E-state index >= 15 is 0 Å². The highest BCUT2D eigenvalue weighted by Gasteiger charge is 2.20. The third-order valence-electron chi connectivity index (χ3n) is 2.46. The molecule has 4 nitrogen and oxygen atoms in total. The number of rotatable bonds is 4. The van der Waals surface area contributed by atoms with Crippen LogP contribution in [-0.4, -0.2) is 30.8 Å². The highest BCUT2D eigenvalue weighted by molar-refractivity contribution is 7.80. The number of amides is 1. The van der Waals surface area contributed by atoms with E-state index in [1.165, 1.54) is 7.11 Å². The van der Waals surface area contributed by atoms with Crippen molar-refractivity contribution in [3.8, 4) is 0 Å². The first-order valence-electron chi connectivity index (χ1n) is 5.55. The molecule has 0 aliphatic rings. The first-order valence-corrected chi connectivity index (χ1v) is 6.19. The fourth-order valence-electron chi connectivity index (χ4n) is 1.67. The number of hydrogen-bond donors (Lipinski definition) is 2. The summed E-state index contributed by atoms with van der Waals surface area (Å²) in [4.78, 5) is 23.3. The quantitative estimate of drug-likeness (QED) is 0.642. The van der Waals surface area contributed by atoms with Crippen molar-refractivity contribution in [1.29, 1.82) is 0 Å². The number of carbonyl (C=O) groups excluding carboxylic acids is 2. The normalized spacial score (nSPS) is 11.8. The molecule has 0 aliphatic carbocycles. The van der Waals surface area contributed by atoms with E-state index in [1.54, 1.807) is 12.1 Å². The second-order valence-corrected chi connectivity index (χ2v) is 4.47. The summed E-state index contributed by atoms with van der Waals surface area (Å²) in [5, 5.41) is 2.60. The molecule has 1 N–H and O–H groups in total. The Bertz CT molecular complexity index is 439. The maximum Gasteiger partial charge on any atom is 0.329 e. The van der Waals surface area contributed by atoms with E-state index in [0.717, 1.165) is 11.1 Å². The highest BCUT2D eigenvalue weighted by Crippen LogP contribution is 2.09. The topological polar surface area (TPSA) is 55.4 Å². The van der Waals surface area contributed by atoms with Gasteiger partial charge in [0.25, 0.3) is 5.91 Å². The molecule has 1 aromatic rings. The maximum absolute atomic E-state index is 12.0. The van der Waals surface area contributed by atoms with E-state index in [0.29, 0.717) is 5.56 Å². The Morgan fingerprint density at radius 1 is 1.28 bits per heavy atom. The molecule has 0 fully saturated rings. The largest absolute Gasteiger partial charge is 0.467 e. The molecule has 0 heterocycles. The lowest BCUT2D eigenvalue weighted by Crippen LogP contribution is -2.42. The van der Waals surface area contributed by atoms with Crippen LogP contribution in [0, 0.1) is 13.8 Å². The van der Waals surface area contributed by atoms with Crippen molar-refractivity contribution in [3.63, 3.8) is 0 Å². The van der Waals surface area contributed by atoms with Gasteiger partial charge in [-0.25, -0.2) is 4.79 Å². The van der Waals surface area contributed by atoms with Gasteiger partial charge in [0, 0.05) is 11.3 Å². The average molecular weight is 267 g/mol. The Balaban J connectivity index is 2.84. The van der Waals surface area contributed by atoms with Gasteiger partial charge < -0.3 is 10.1 Å². The predicted molar refractivity (Wildman–Crippen MR) is 73.0 cm³/mol. The van der Waals surface area contributed by atoms with Crippen molar-refractivity contribution in [2.45, 2.75) is 19.9 Å². The van der Waals surface area contributed by atoms with Crippen molar-refractivity contribution in [1.82, 2.24) is 5.32 Å². The molecule has 1 amide bonds. The Labute approximate surface area is 112 Å². The molecule has 1 rings (SSSR count). The molecule has 0 spiro atoms. The summed E-state index contributed by atoms with van der Waals surface area (Å²) in [5.74, 6) is -0.600. The van der Waals surface area contributed by atoms with Crippen LogP contribution < -0.4 is 5.32 Å². The monoisotopic (exact) mass is 267 g/mol. The maximum atomic E-state index is 12.0. The van der Waals surface area contributed by atoms with Gasteiger partial charge in [-0.1, -0.05) is 17.2 Å². The zero-order chi connectivity index (χ0) is 13.7. The number of thiol groups is 1. The Morgan fingerprint density at radius 2 is 1.83 bits per heavy atom. The zero-order valence-corrected chi connectivity index (χ0v) is 11.6. The molecule has 0 aromatic heterocycles. The first-order chi connectivity index (χ1) is 8.47. The lowest BCUT2D eigenvalue weighted by atomic mass is 10.1. The van der Waals surface area contributed by atoms with Crippen LogP contribution in [0.3, 0.4) is 0 Å². The van der Waals surface area contributed by atoms with Crippen LogP contribution >= 0.6 is 12.6 Å². The minimum absolute atomic E-state index is 0.198. The Hall–Kier alpha value is -1.49. The van der Waals surface area contributed by atoms with Crippen molar-refractivity contribution < 1.29 is 14.3 Å². The zero-order valence-electron chi connectivity index (χ0n) is 10.7. The van der Waals surface area contributed by atoms with Gasteiger partial charge in [-0.2, -0.15) is 12.6 Å². The molecular formula is C13H17NO3S. The second-order valence-electron chi connectivity index (χ2n) is 4.11. The Morgan fingerprint density at radius 3 is 2.28 bits per heavy atom. The summed E-state index contributed by atoms with van der Waals surface area (Å²) in [5.41, 5.74) is 2.53. The van der Waals surface area contributed by atoms with Crippen molar-refractivity contribution in [3.05, 3.63) is 34.9 Å². The van der Waals surface area contributed by atoms with E-state index in [9.17, 15) is 9.59 Å². The Kier molecular flexibility index (Phi) is 5.22. The SMILES string of the molecule is COC(=O)[C@H](CS)NC(=O)c1cc(C)cc(C)c1. The molecule has 0 aliphatic heterocycles. The third-order valence-corrected chi connectivity index (χ3v) is 2.82. The number of nitrogens with one attached hydrogen (secondary N) is 1. The van der Waals surface area contributed by atoms with E-state index in [2.05, 4.69) is 22.7 Å². The van der Waals surface area contributed by atoms with Crippen LogP contribution in [0.25, 0.3) is 0 Å². The van der Waals surface area contributed by atoms with Crippen molar-refractivity contribution in [2.24, 2.45) is 0 Å². The highest BCUT2D eigenvalue weighted by atomic mass is 32.1. The average Bonchev–Trinajstić information content (AvgIpc) is 2.33. The molecule has 0 saturated heterocycles. The van der Waals surface area contributed by atoms with Crippen molar-refractivity contribution in [2.75, 3.05) is 12.9 Å². The molecule has 0 radical (unpaired) electrons. The lowest BCUT2D eigenvalue weighted by molar-refractivity contribution is -0.142. The van der Waals surface area contributed by atoms with Gasteiger partial charge in [-0.3, -0.25) is 4.79 Å². The number of esters is 1. The number of methoxy groups -OCH3 is 1. The number of benzene rings is 1. The summed E-state index contributed by atoms with van der Waals surface area (Å²) >= 11 is 4.02. The van der Waals surface area contributed by atoms with Crippen LogP contribution in [0.5, 0.6) is 0 Å². The first kappa shape index (κ1) is 14.6. The number of carbonyl (C=O) groups is 2. The molecule has 5 heteroatoms. The molecule has 0 unspecified atom stereocenters. The summed E-state index contributed by atoms with van der Waals surface area (Å²) in [6.45, 7) is 3.83. The number of ether oxygens (including phenoxy) is 1. The molecule has 0 saturated carbocycles. The van der Waals surface area contributed by atoms with Crippen LogP contribution in [0.4, 0.5) is 0 Å². The number of aryl methyl sites for hydroxylation is 2. The minimum Gasteiger partial charge on any atom is -0.467 e. The van der Waals surface area contributed by atoms with Gasteiger partial charge >= 0.3 is 5.97 Å². The molecule has 98 valence electrons. The lowest BCUT2D eigenvalue weighted by Gasteiger charge is -2.14. The summed E-state index contributed by atoms with van der Waals surface area (Å²) in [6, 6.07) is 4.80. The van der Waals surface area contributed by atoms with E-state index in [1.807, 2.05) is 19.9 Å². The van der Waals surface area contributed by atoms with E-state index in [4.69, 9.17) is 0 Å². The van der Waals surface area contributed by atoms with Gasteiger partial charge in [-0.05, 0) is 26.0 Å². The molecule has 1 aromatic carbocycles. The molecule has 18 heavy (non-hydrogen) atoms. The standard InChI is InChI=1S/C13H17NO3S/c1-8-4-9(2)6-10(5-8)12(15)14-11(7-18)13(16)17-3/h4-6,11,18H,7H2,1-3H3,(H,14,15)/t11-/m0/s1. The van der Waals surface area contributed by atoms with Gasteiger partial charge in [0.1, 0.15) is 6.04 Å². The van der Waals surface area contributed by atoms with E-state index in [-0.39, 0.29) is 11.7 Å². The summed E-state index contributed by atoms with van der Waals surface area (Å²) in [6.07, 6.45) is 0. The summed E-state index contributed by atoms with van der Waals surface area (Å²) in [7, 11) is 1.28. The minimum atomic E-state index is -0.730. The van der Waals surface area contributed by atoms with Crippen LogP contribution in [0.15, 0.2) is 18.2 Å². The van der Waals surface area contributed by atoms with Gasteiger partial charge in [0.2, 0.25) is 0 Å². The predicted octanol–water partition coefficient (Wildman–Crippen LogP) is 1.50. The molecule has 0 bridgehead atoms. The van der Waals surface area contributed by atoms with Gasteiger partial charge in [0.05, 0.1) is 7.11 Å². The van der Waals surface area contributed by atoms with Crippen LogP contribution in [0.2, 0.25) is 0 Å². The summed E-state index contributed by atoms with van der Waals surface area (Å²) < 4.78 is 4.58. The fraction of sp³-hybridized carbons (Fsp3) is 0.385. The smallest absolute Gasteiger partial charge is 0.329 e. The van der Waals surface area contributed by atoms with Gasteiger partial charge in [-0.15, -0.1) is 0 Å².